The molecule has 0 saturated carbocycles. The van der Waals surface area contributed by atoms with Crippen molar-refractivity contribution >= 4 is 41.7 Å². The SMILES string of the molecule is CCCCn1nc(CC(C)C)c2c(NCCC3COCCN3)ncnc21.Cl.Cl. The molecule has 1 aliphatic heterocycles. The van der Waals surface area contributed by atoms with Gasteiger partial charge in [-0.2, -0.15) is 5.10 Å². The average molecular weight is 433 g/mol. The second-order valence-corrected chi connectivity index (χ2v) is 7.48. The maximum Gasteiger partial charge on any atom is 0.163 e. The van der Waals surface area contributed by atoms with Crippen molar-refractivity contribution in [1.29, 1.82) is 0 Å². The molecule has 2 aromatic heterocycles. The highest BCUT2D eigenvalue weighted by atomic mass is 35.5. The lowest BCUT2D eigenvalue weighted by atomic mass is 10.1. The highest BCUT2D eigenvalue weighted by Crippen LogP contribution is 2.26. The van der Waals surface area contributed by atoms with Crippen LogP contribution in [0, 0.1) is 5.92 Å². The second kappa shape index (κ2) is 12.4. The fourth-order valence-electron chi connectivity index (χ4n) is 3.38. The van der Waals surface area contributed by atoms with Crippen molar-refractivity contribution in [2.75, 3.05) is 31.6 Å². The van der Waals surface area contributed by atoms with Gasteiger partial charge in [0, 0.05) is 25.7 Å². The molecule has 7 nitrogen and oxygen atoms in total. The molecule has 1 atom stereocenters. The van der Waals surface area contributed by atoms with Crippen LogP contribution in [0.15, 0.2) is 6.33 Å². The van der Waals surface area contributed by atoms with E-state index in [0.29, 0.717) is 12.0 Å². The van der Waals surface area contributed by atoms with Crippen LogP contribution in [-0.2, 0) is 17.7 Å². The Balaban J connectivity index is 0.00000196. The van der Waals surface area contributed by atoms with Crippen molar-refractivity contribution in [3.63, 3.8) is 0 Å². The van der Waals surface area contributed by atoms with E-state index in [1.165, 1.54) is 0 Å². The Hall–Kier alpha value is -1.15. The summed E-state index contributed by atoms with van der Waals surface area (Å²) in [6, 6.07) is 0.413. The predicted octanol–water partition coefficient (Wildman–Crippen LogP) is 3.46. The molecule has 3 heterocycles. The lowest BCUT2D eigenvalue weighted by Gasteiger charge is -2.23. The summed E-state index contributed by atoms with van der Waals surface area (Å²) in [7, 11) is 0. The Labute approximate surface area is 180 Å². The molecular formula is C19H34Cl2N6O. The third kappa shape index (κ3) is 6.44. The number of aromatic nitrogens is 4. The number of nitrogens with zero attached hydrogens (tertiary/aromatic N) is 4. The van der Waals surface area contributed by atoms with Crippen LogP contribution in [0.25, 0.3) is 11.0 Å². The number of ether oxygens (including phenoxy) is 1. The first kappa shape index (κ1) is 24.9. The minimum Gasteiger partial charge on any atom is -0.379 e. The van der Waals surface area contributed by atoms with E-state index in [2.05, 4.69) is 46.1 Å². The molecular weight excluding hydrogens is 399 g/mol. The van der Waals surface area contributed by atoms with Gasteiger partial charge >= 0.3 is 0 Å². The first-order valence-corrected chi connectivity index (χ1v) is 9.94. The maximum atomic E-state index is 5.53. The zero-order chi connectivity index (χ0) is 18.4. The third-order valence-corrected chi connectivity index (χ3v) is 4.71. The molecule has 28 heavy (non-hydrogen) atoms. The van der Waals surface area contributed by atoms with E-state index in [9.17, 15) is 0 Å². The summed E-state index contributed by atoms with van der Waals surface area (Å²) in [4.78, 5) is 9.06. The number of halogens is 2. The molecule has 0 bridgehead atoms. The minimum atomic E-state index is 0. The van der Waals surface area contributed by atoms with Gasteiger partial charge in [-0.25, -0.2) is 14.6 Å². The van der Waals surface area contributed by atoms with Crippen LogP contribution < -0.4 is 10.6 Å². The summed E-state index contributed by atoms with van der Waals surface area (Å²) in [5.74, 6) is 1.45. The number of aryl methyl sites for hydroxylation is 1. The zero-order valence-electron chi connectivity index (χ0n) is 17.1. The fourth-order valence-corrected chi connectivity index (χ4v) is 3.38. The summed E-state index contributed by atoms with van der Waals surface area (Å²) in [6.45, 7) is 10.9. The molecule has 0 amide bonds. The molecule has 1 aliphatic rings. The Kier molecular flexibility index (Phi) is 11.0. The van der Waals surface area contributed by atoms with Gasteiger partial charge in [0.25, 0.3) is 0 Å². The molecule has 0 aliphatic carbocycles. The highest BCUT2D eigenvalue weighted by Gasteiger charge is 2.18. The predicted molar refractivity (Wildman–Crippen MR) is 119 cm³/mol. The molecule has 9 heteroatoms. The standard InChI is InChI=1S/C19H32N6O.2ClH/c1-4-5-9-25-19-17(16(24-25)11-14(2)3)18(22-13-23-19)21-7-6-15-12-26-10-8-20-15;;/h13-15,20H,4-12H2,1-3H3,(H,21,22,23);2*1H. The molecule has 2 aromatic rings. The van der Waals surface area contributed by atoms with Gasteiger partial charge in [-0.05, 0) is 25.2 Å². The Bertz CT molecular complexity index is 703. The summed E-state index contributed by atoms with van der Waals surface area (Å²) >= 11 is 0. The van der Waals surface area contributed by atoms with E-state index in [1.54, 1.807) is 6.33 Å². The van der Waals surface area contributed by atoms with Crippen LogP contribution in [0.2, 0.25) is 0 Å². The van der Waals surface area contributed by atoms with Gasteiger partial charge in [-0.1, -0.05) is 27.2 Å². The van der Waals surface area contributed by atoms with Crippen molar-refractivity contribution < 1.29 is 4.74 Å². The first-order valence-electron chi connectivity index (χ1n) is 9.94. The van der Waals surface area contributed by atoms with Gasteiger partial charge in [0.2, 0.25) is 0 Å². The molecule has 160 valence electrons. The lowest BCUT2D eigenvalue weighted by Crippen LogP contribution is -2.42. The van der Waals surface area contributed by atoms with Crippen molar-refractivity contribution in [2.24, 2.45) is 5.92 Å². The van der Waals surface area contributed by atoms with Crippen molar-refractivity contribution in [1.82, 2.24) is 25.1 Å². The molecule has 0 radical (unpaired) electrons. The Morgan fingerprint density at radius 1 is 1.32 bits per heavy atom. The molecule has 1 unspecified atom stereocenters. The van der Waals surface area contributed by atoms with E-state index in [1.807, 2.05) is 0 Å². The van der Waals surface area contributed by atoms with Crippen molar-refractivity contribution in [3.8, 4) is 0 Å². The van der Waals surface area contributed by atoms with E-state index < -0.39 is 0 Å². The van der Waals surface area contributed by atoms with Crippen LogP contribution in [0.1, 0.15) is 45.7 Å². The topological polar surface area (TPSA) is 76.9 Å². The van der Waals surface area contributed by atoms with Crippen molar-refractivity contribution in [2.45, 2.75) is 59.0 Å². The fraction of sp³-hybridized carbons (Fsp3) is 0.737. The molecule has 2 N–H and O–H groups in total. The number of unbranched alkanes of at least 4 members (excludes halogenated alkanes) is 1. The third-order valence-electron chi connectivity index (χ3n) is 4.71. The number of morpholine rings is 1. The van der Waals surface area contributed by atoms with Gasteiger partial charge in [-0.15, -0.1) is 24.8 Å². The number of nitrogens with one attached hydrogen (secondary N) is 2. The van der Waals surface area contributed by atoms with Gasteiger partial charge < -0.3 is 15.4 Å². The smallest absolute Gasteiger partial charge is 0.163 e. The minimum absolute atomic E-state index is 0. The van der Waals surface area contributed by atoms with Crippen LogP contribution in [0.5, 0.6) is 0 Å². The summed E-state index contributed by atoms with van der Waals surface area (Å²) in [5.41, 5.74) is 2.05. The summed E-state index contributed by atoms with van der Waals surface area (Å²) < 4.78 is 7.59. The largest absolute Gasteiger partial charge is 0.379 e. The summed E-state index contributed by atoms with van der Waals surface area (Å²) in [5, 5.41) is 13.0. The van der Waals surface area contributed by atoms with E-state index in [4.69, 9.17) is 9.84 Å². The Morgan fingerprint density at radius 2 is 2.14 bits per heavy atom. The van der Waals surface area contributed by atoms with Gasteiger partial charge in [0.1, 0.15) is 12.1 Å². The number of rotatable bonds is 9. The van der Waals surface area contributed by atoms with Gasteiger partial charge in [0.15, 0.2) is 5.65 Å². The van der Waals surface area contributed by atoms with Crippen LogP contribution in [-0.4, -0.2) is 52.1 Å². The van der Waals surface area contributed by atoms with E-state index in [0.717, 1.165) is 81.1 Å². The number of fused-ring (bicyclic) bond motifs is 1. The van der Waals surface area contributed by atoms with Crippen LogP contribution in [0.4, 0.5) is 5.82 Å². The number of hydrogen-bond donors (Lipinski definition) is 2. The summed E-state index contributed by atoms with van der Waals surface area (Å²) in [6.07, 6.45) is 5.85. The second-order valence-electron chi connectivity index (χ2n) is 7.48. The first-order chi connectivity index (χ1) is 12.7. The average Bonchev–Trinajstić information content (AvgIpc) is 2.99. The highest BCUT2D eigenvalue weighted by molar-refractivity contribution is 5.89. The molecule has 1 fully saturated rings. The van der Waals surface area contributed by atoms with E-state index in [-0.39, 0.29) is 24.8 Å². The number of anilines is 1. The molecule has 3 rings (SSSR count). The normalized spacial score (nSPS) is 16.6. The Morgan fingerprint density at radius 3 is 2.82 bits per heavy atom. The van der Waals surface area contributed by atoms with Crippen molar-refractivity contribution in [3.05, 3.63) is 12.0 Å². The molecule has 0 aromatic carbocycles. The number of hydrogen-bond acceptors (Lipinski definition) is 6. The molecule has 0 spiro atoms. The molecule has 1 saturated heterocycles. The van der Waals surface area contributed by atoms with Gasteiger partial charge in [0.05, 0.1) is 24.3 Å². The van der Waals surface area contributed by atoms with Gasteiger partial charge in [-0.3, -0.25) is 0 Å². The maximum absolute atomic E-state index is 5.53. The van der Waals surface area contributed by atoms with E-state index >= 15 is 0 Å². The monoisotopic (exact) mass is 432 g/mol. The van der Waals surface area contributed by atoms with Crippen LogP contribution >= 0.6 is 24.8 Å². The zero-order valence-corrected chi connectivity index (χ0v) is 18.7. The quantitative estimate of drug-likeness (QED) is 0.631. The van der Waals surface area contributed by atoms with Crippen LogP contribution in [0.3, 0.4) is 0 Å². The lowest BCUT2D eigenvalue weighted by molar-refractivity contribution is 0.0753.